The fraction of sp³-hybridized carbons (Fsp3) is 0.231. The monoisotopic (exact) mass is 314 g/mol. The smallest absolute Gasteiger partial charge is 0.124 e. The lowest BCUT2D eigenvalue weighted by molar-refractivity contribution is 0.178. The van der Waals surface area contributed by atoms with Crippen molar-refractivity contribution >= 4 is 27.3 Å². The standard InChI is InChI=1S/C13H12BrFOS/c1-8-6-17-7-11(8)13(16)4-9-2-3-10(15)5-12(9)14/h2-3,5-7,13,16H,4H2,1H3. The van der Waals surface area contributed by atoms with Crippen LogP contribution in [0, 0.1) is 12.7 Å². The van der Waals surface area contributed by atoms with Gasteiger partial charge in [0.05, 0.1) is 6.10 Å². The summed E-state index contributed by atoms with van der Waals surface area (Å²) >= 11 is 4.89. The van der Waals surface area contributed by atoms with Crippen LogP contribution in [-0.2, 0) is 6.42 Å². The highest BCUT2D eigenvalue weighted by Gasteiger charge is 2.13. The predicted molar refractivity (Wildman–Crippen MR) is 71.8 cm³/mol. The minimum Gasteiger partial charge on any atom is -0.388 e. The summed E-state index contributed by atoms with van der Waals surface area (Å²) in [4.78, 5) is 0. The van der Waals surface area contributed by atoms with Crippen molar-refractivity contribution in [2.45, 2.75) is 19.4 Å². The summed E-state index contributed by atoms with van der Waals surface area (Å²) in [6, 6.07) is 4.53. The van der Waals surface area contributed by atoms with Crippen molar-refractivity contribution in [2.75, 3.05) is 0 Å². The molecule has 1 heterocycles. The van der Waals surface area contributed by atoms with E-state index in [1.165, 1.54) is 12.1 Å². The molecular weight excluding hydrogens is 303 g/mol. The summed E-state index contributed by atoms with van der Waals surface area (Å²) in [5.41, 5.74) is 2.96. The number of halogens is 2. The van der Waals surface area contributed by atoms with E-state index in [2.05, 4.69) is 15.9 Å². The minimum atomic E-state index is -0.539. The molecule has 1 N–H and O–H groups in total. The van der Waals surface area contributed by atoms with E-state index in [-0.39, 0.29) is 5.82 Å². The van der Waals surface area contributed by atoms with Crippen LogP contribution in [0.5, 0.6) is 0 Å². The SMILES string of the molecule is Cc1cscc1C(O)Cc1ccc(F)cc1Br. The highest BCUT2D eigenvalue weighted by atomic mass is 79.9. The van der Waals surface area contributed by atoms with Crippen LogP contribution in [0.3, 0.4) is 0 Å². The molecule has 0 spiro atoms. The molecule has 0 fully saturated rings. The number of rotatable bonds is 3. The third-order valence-corrected chi connectivity index (χ3v) is 4.30. The predicted octanol–water partition coefficient (Wildman–Crippen LogP) is 4.23. The molecule has 90 valence electrons. The van der Waals surface area contributed by atoms with E-state index in [4.69, 9.17) is 0 Å². The maximum absolute atomic E-state index is 12.9. The molecule has 1 aromatic heterocycles. The highest BCUT2D eigenvalue weighted by Crippen LogP contribution is 2.27. The van der Waals surface area contributed by atoms with Gasteiger partial charge in [-0.1, -0.05) is 22.0 Å². The zero-order valence-electron chi connectivity index (χ0n) is 9.28. The summed E-state index contributed by atoms with van der Waals surface area (Å²) in [7, 11) is 0. The summed E-state index contributed by atoms with van der Waals surface area (Å²) in [6.07, 6.45) is -0.0543. The number of aliphatic hydroxyl groups excluding tert-OH is 1. The molecule has 1 nitrogen and oxygen atoms in total. The van der Waals surface area contributed by atoms with Gasteiger partial charge in [0, 0.05) is 10.9 Å². The summed E-state index contributed by atoms with van der Waals surface area (Å²) in [5.74, 6) is -0.276. The van der Waals surface area contributed by atoms with Gasteiger partial charge < -0.3 is 5.11 Å². The fourth-order valence-electron chi connectivity index (χ4n) is 1.72. The number of aliphatic hydroxyl groups is 1. The summed E-state index contributed by atoms with van der Waals surface area (Å²) < 4.78 is 13.6. The average Bonchev–Trinajstić information content (AvgIpc) is 2.68. The van der Waals surface area contributed by atoms with E-state index in [0.717, 1.165) is 16.7 Å². The van der Waals surface area contributed by atoms with Crippen LogP contribution in [0.25, 0.3) is 0 Å². The maximum atomic E-state index is 12.9. The molecular formula is C13H12BrFOS. The lowest BCUT2D eigenvalue weighted by Crippen LogP contribution is -2.02. The van der Waals surface area contributed by atoms with Crippen LogP contribution < -0.4 is 0 Å². The van der Waals surface area contributed by atoms with E-state index in [1.807, 2.05) is 17.7 Å². The van der Waals surface area contributed by atoms with Gasteiger partial charge in [-0.2, -0.15) is 11.3 Å². The van der Waals surface area contributed by atoms with E-state index in [1.54, 1.807) is 17.4 Å². The number of hydrogen-bond donors (Lipinski definition) is 1. The quantitative estimate of drug-likeness (QED) is 0.898. The first kappa shape index (κ1) is 12.7. The molecule has 0 aliphatic rings. The van der Waals surface area contributed by atoms with Crippen LogP contribution in [0.2, 0.25) is 0 Å². The van der Waals surface area contributed by atoms with Crippen LogP contribution in [0.1, 0.15) is 22.8 Å². The molecule has 0 saturated heterocycles. The van der Waals surface area contributed by atoms with Gasteiger partial charge in [0.15, 0.2) is 0 Å². The van der Waals surface area contributed by atoms with Gasteiger partial charge in [0.1, 0.15) is 5.82 Å². The molecule has 0 radical (unpaired) electrons. The van der Waals surface area contributed by atoms with Crippen molar-refractivity contribution in [3.63, 3.8) is 0 Å². The Hall–Kier alpha value is -0.710. The average molecular weight is 315 g/mol. The Bertz CT molecular complexity index is 524. The van der Waals surface area contributed by atoms with E-state index in [9.17, 15) is 9.50 Å². The van der Waals surface area contributed by atoms with E-state index < -0.39 is 6.10 Å². The van der Waals surface area contributed by atoms with Gasteiger partial charge in [-0.15, -0.1) is 0 Å². The first-order valence-corrected chi connectivity index (χ1v) is 6.96. The third kappa shape index (κ3) is 2.94. The van der Waals surface area contributed by atoms with Gasteiger partial charge >= 0.3 is 0 Å². The molecule has 0 bridgehead atoms. The Morgan fingerprint density at radius 2 is 2.18 bits per heavy atom. The maximum Gasteiger partial charge on any atom is 0.124 e. The van der Waals surface area contributed by atoms with Gasteiger partial charge in [-0.05, 0) is 46.5 Å². The number of benzene rings is 1. The Kier molecular flexibility index (Phi) is 3.97. The van der Waals surface area contributed by atoms with Gasteiger partial charge in [-0.3, -0.25) is 0 Å². The molecule has 0 aliphatic heterocycles. The second-order valence-electron chi connectivity index (χ2n) is 3.97. The molecule has 4 heteroatoms. The van der Waals surface area contributed by atoms with Crippen LogP contribution in [0.15, 0.2) is 33.4 Å². The largest absolute Gasteiger partial charge is 0.388 e. The van der Waals surface area contributed by atoms with Crippen LogP contribution >= 0.6 is 27.3 Å². The first-order valence-electron chi connectivity index (χ1n) is 5.22. The van der Waals surface area contributed by atoms with Crippen LogP contribution in [-0.4, -0.2) is 5.11 Å². The third-order valence-electron chi connectivity index (χ3n) is 2.68. The second kappa shape index (κ2) is 5.29. The molecule has 1 atom stereocenters. The number of thiophene rings is 1. The second-order valence-corrected chi connectivity index (χ2v) is 5.56. The van der Waals surface area contributed by atoms with Gasteiger partial charge in [0.2, 0.25) is 0 Å². The zero-order valence-corrected chi connectivity index (χ0v) is 11.7. The van der Waals surface area contributed by atoms with Crippen molar-refractivity contribution in [3.05, 3.63) is 55.9 Å². The highest BCUT2D eigenvalue weighted by molar-refractivity contribution is 9.10. The molecule has 1 aromatic carbocycles. The molecule has 2 aromatic rings. The van der Waals surface area contributed by atoms with Crippen LogP contribution in [0.4, 0.5) is 4.39 Å². The zero-order chi connectivity index (χ0) is 12.4. The summed E-state index contributed by atoms with van der Waals surface area (Å²) in [6.45, 7) is 1.98. The van der Waals surface area contributed by atoms with Gasteiger partial charge in [0.25, 0.3) is 0 Å². The number of aryl methyl sites for hydroxylation is 1. The summed E-state index contributed by atoms with van der Waals surface area (Å²) in [5, 5.41) is 14.1. The Labute approximate surface area is 112 Å². The molecule has 0 saturated carbocycles. The van der Waals surface area contributed by atoms with Crippen molar-refractivity contribution in [1.82, 2.24) is 0 Å². The lowest BCUT2D eigenvalue weighted by atomic mass is 10.0. The molecule has 1 unspecified atom stereocenters. The normalized spacial score (nSPS) is 12.7. The van der Waals surface area contributed by atoms with Crippen molar-refractivity contribution in [3.8, 4) is 0 Å². The lowest BCUT2D eigenvalue weighted by Gasteiger charge is -2.12. The molecule has 0 aliphatic carbocycles. The van der Waals surface area contributed by atoms with Crippen molar-refractivity contribution in [1.29, 1.82) is 0 Å². The molecule has 17 heavy (non-hydrogen) atoms. The Balaban J connectivity index is 2.19. The van der Waals surface area contributed by atoms with E-state index in [0.29, 0.717) is 10.9 Å². The topological polar surface area (TPSA) is 20.2 Å². The van der Waals surface area contributed by atoms with Crippen molar-refractivity contribution < 1.29 is 9.50 Å². The van der Waals surface area contributed by atoms with Crippen molar-refractivity contribution in [2.24, 2.45) is 0 Å². The molecule has 2 rings (SSSR count). The Morgan fingerprint density at radius 1 is 1.41 bits per heavy atom. The van der Waals surface area contributed by atoms with Gasteiger partial charge in [-0.25, -0.2) is 4.39 Å². The minimum absolute atomic E-state index is 0.276. The molecule has 0 amide bonds. The Morgan fingerprint density at radius 3 is 2.76 bits per heavy atom. The first-order chi connectivity index (χ1) is 8.08. The fourth-order valence-corrected chi connectivity index (χ4v) is 3.13. The number of hydrogen-bond acceptors (Lipinski definition) is 2. The van der Waals surface area contributed by atoms with E-state index >= 15 is 0 Å².